The summed E-state index contributed by atoms with van der Waals surface area (Å²) in [5.74, 6) is 1.16. The molecule has 0 unspecified atom stereocenters. The molecule has 5 nitrogen and oxygen atoms in total. The Kier molecular flexibility index (Phi) is 45.3. The molecule has 0 fully saturated rings. The fourth-order valence-electron chi connectivity index (χ4n) is 9.51. The Labute approximate surface area is 653 Å². The Hall–Kier alpha value is -1.40. The first-order chi connectivity index (χ1) is 37.6. The van der Waals surface area contributed by atoms with Gasteiger partial charge in [0.1, 0.15) is 0 Å². The Morgan fingerprint density at radius 1 is 0.277 bits per heavy atom. The van der Waals surface area contributed by atoms with Crippen LogP contribution < -0.4 is 217 Å². The zero-order valence-electron chi connectivity index (χ0n) is 54.1. The third-order valence-electron chi connectivity index (χ3n) is 14.4. The van der Waals surface area contributed by atoms with E-state index in [2.05, 4.69) is 60.7 Å². The van der Waals surface area contributed by atoms with E-state index in [9.17, 15) is 25.5 Å². The topological polar surface area (TPSA) is 115 Å². The van der Waals surface area contributed by atoms with Gasteiger partial charge in [-0.15, -0.1) is 28.7 Å². The first-order valence-electron chi connectivity index (χ1n) is 28.5. The Balaban J connectivity index is 0. The van der Waals surface area contributed by atoms with Crippen molar-refractivity contribution >= 4 is 12.2 Å². The van der Waals surface area contributed by atoms with Gasteiger partial charge in [0.15, 0.2) is 0 Å². The van der Waals surface area contributed by atoms with Crippen molar-refractivity contribution in [1.29, 1.82) is 0 Å². The summed E-state index contributed by atoms with van der Waals surface area (Å²) in [7, 11) is 0. The molecule has 0 bridgehead atoms. The fraction of sp³-hybridized carbons (Fsp3) is 0.315. The van der Waals surface area contributed by atoms with Gasteiger partial charge >= 0.3 is 192 Å². The molecule has 0 N–H and O–H groups in total. The van der Waals surface area contributed by atoms with E-state index >= 15 is 0 Å². The van der Waals surface area contributed by atoms with E-state index in [0.717, 1.165) is 148 Å². The molecule has 0 saturated heterocycles. The summed E-state index contributed by atoms with van der Waals surface area (Å²) in [5, 5.41) is 59.2. The minimum atomic E-state index is 0. The van der Waals surface area contributed by atoms with Gasteiger partial charge in [-0.2, -0.15) is 0 Å². The van der Waals surface area contributed by atoms with Gasteiger partial charge in [-0.05, 0) is 129 Å². The van der Waals surface area contributed by atoms with Crippen LogP contribution in [0.5, 0.6) is 28.7 Å². The summed E-state index contributed by atoms with van der Waals surface area (Å²) < 4.78 is 0. The molecule has 0 spiro atoms. The van der Waals surface area contributed by atoms with Gasteiger partial charge in [0.05, 0.1) is 0 Å². The number of rotatable bonds is 14. The van der Waals surface area contributed by atoms with Gasteiger partial charge in [-0.3, -0.25) is 0 Å². The van der Waals surface area contributed by atoms with Crippen molar-refractivity contribution in [3.63, 3.8) is 0 Å². The van der Waals surface area contributed by atoms with Crippen LogP contribution in [0.4, 0.5) is 0 Å². The molecular weight excluding hydrogens is 1090 g/mol. The molecule has 83 heavy (non-hydrogen) atoms. The maximum atomic E-state index is 12.3. The summed E-state index contributed by atoms with van der Waals surface area (Å²) in [6.45, 7) is 26.3. The van der Waals surface area contributed by atoms with E-state index in [1.165, 1.54) is 22.3 Å². The molecule has 0 radical (unpaired) electrons. The van der Waals surface area contributed by atoms with Crippen molar-refractivity contribution in [3.05, 3.63) is 229 Å². The van der Waals surface area contributed by atoms with Crippen LogP contribution in [0.15, 0.2) is 146 Å². The van der Waals surface area contributed by atoms with Crippen LogP contribution in [0.1, 0.15) is 153 Å². The quantitative estimate of drug-likeness (QED) is 0.119. The van der Waals surface area contributed by atoms with Crippen LogP contribution in [0, 0.1) is 20.8 Å². The van der Waals surface area contributed by atoms with Gasteiger partial charge in [-0.25, -0.2) is 0 Å². The Morgan fingerprint density at radius 3 is 0.855 bits per heavy atom. The second-order valence-electron chi connectivity index (χ2n) is 19.6. The summed E-state index contributed by atoms with van der Waals surface area (Å²) in [4.78, 5) is 0. The van der Waals surface area contributed by atoms with Crippen molar-refractivity contribution < 1.29 is 217 Å². The smallest absolute Gasteiger partial charge is 0.872 e. The third-order valence-corrected chi connectivity index (χ3v) is 14.4. The largest absolute Gasteiger partial charge is 1.00 e. The van der Waals surface area contributed by atoms with E-state index < -0.39 is 0 Å². The van der Waals surface area contributed by atoms with Crippen molar-refractivity contribution in [2.45, 2.75) is 154 Å². The second-order valence-corrected chi connectivity index (χ2v) is 19.6. The van der Waals surface area contributed by atoms with Crippen molar-refractivity contribution in [2.75, 3.05) is 0 Å². The molecule has 0 aliphatic carbocycles. The van der Waals surface area contributed by atoms with E-state index in [0.29, 0.717) is 0 Å². The second kappa shape index (κ2) is 44.9. The van der Waals surface area contributed by atoms with Gasteiger partial charge in [0, 0.05) is 0 Å². The summed E-state index contributed by atoms with van der Waals surface area (Å²) in [6, 6.07) is 49.1. The van der Waals surface area contributed by atoms with Crippen LogP contribution in [0.3, 0.4) is 0 Å². The zero-order valence-corrected chi connectivity index (χ0v) is 63.5. The van der Waals surface area contributed by atoms with E-state index in [1.807, 2.05) is 187 Å². The number of benzene rings is 8. The predicted molar refractivity (Wildman–Crippen MR) is 324 cm³/mol. The molecule has 0 atom stereocenters. The maximum Gasteiger partial charge on any atom is 1.00 e. The van der Waals surface area contributed by atoms with E-state index in [-0.39, 0.29) is 221 Å². The van der Waals surface area contributed by atoms with Crippen LogP contribution in [0.25, 0.3) is 34.4 Å². The molecule has 10 heteroatoms. The number of hydrogen-bond donors (Lipinski definition) is 0. The molecule has 0 amide bonds. The van der Waals surface area contributed by atoms with Gasteiger partial charge in [0.2, 0.25) is 0 Å². The zero-order chi connectivity index (χ0) is 57.3. The van der Waals surface area contributed by atoms with Gasteiger partial charge in [0.25, 0.3) is 0 Å². The standard InChI is InChI=1S/C24H24O.C16H18O.3C11H16O.3K.2Li/c1-3-20-16-23(17-21(4-2)24(20)25)22-14-12-19(13-15-22)11-10-18-8-6-5-7-9-18;1-3-12-10-15(11-13(4-2)16(12)17)14-8-6-5-7-9-14;1-4-9-6-8(3)7-10(5-2)11(9)12;2*1-4-9-7-6-8(3)10(5-2)11(9)12;;;;;/h5-17,25H,3-4H2,1-2H3;5-11,17H,3-4H2,1-2H3;3*6-7,12H,4-5H2,1-3H3;;;;;/q;;;;;5*+1/p-5/b11-10+;;;;;;;;;. The third kappa shape index (κ3) is 25.6. The molecular formula is C73H85K3Li2O5. The Morgan fingerprint density at radius 2 is 0.554 bits per heavy atom. The summed E-state index contributed by atoms with van der Waals surface area (Å²) in [6.07, 6.45) is 12.4. The van der Waals surface area contributed by atoms with Crippen LogP contribution >= 0.6 is 0 Å². The average Bonchev–Trinajstić information content (AvgIpc) is 3.47. The Bertz CT molecular complexity index is 3030. The molecule has 8 aromatic rings. The van der Waals surface area contributed by atoms with Crippen molar-refractivity contribution in [3.8, 4) is 51.0 Å². The minimum Gasteiger partial charge on any atom is -0.872 e. The van der Waals surface area contributed by atoms with Crippen molar-refractivity contribution in [1.82, 2.24) is 0 Å². The predicted octanol–water partition coefficient (Wildman–Crippen LogP) is 0.875. The van der Waals surface area contributed by atoms with Crippen LogP contribution in [0.2, 0.25) is 0 Å². The molecule has 0 aliphatic heterocycles. The SMILES string of the molecule is CCc1cc(-c2ccc(/C=C/c3ccccc3)cc2)cc(CC)c1[O-].CCc1cc(-c2ccccc2)cc(CC)c1[O-].CCc1cc(C)cc(CC)c1[O-].CCc1ccc(C)c(CC)c1[O-].CCc1ccc(C)c(CC)c1[O-].[K+].[K+].[K+].[Li+].[Li+]. The van der Waals surface area contributed by atoms with E-state index in [4.69, 9.17) is 0 Å². The molecule has 0 saturated carbocycles. The molecule has 0 heterocycles. The first-order valence-corrected chi connectivity index (χ1v) is 28.5. The number of aryl methyl sites for hydroxylation is 11. The normalized spacial score (nSPS) is 9.94. The molecule has 8 rings (SSSR count). The van der Waals surface area contributed by atoms with E-state index in [1.54, 1.807) is 0 Å². The monoisotopic (exact) mass is 1170 g/mol. The van der Waals surface area contributed by atoms with Gasteiger partial charge in [-0.1, -0.05) is 288 Å². The first kappa shape index (κ1) is 83.7. The fourth-order valence-corrected chi connectivity index (χ4v) is 9.51. The summed E-state index contributed by atoms with van der Waals surface area (Å²) in [5.41, 5.74) is 19.8. The van der Waals surface area contributed by atoms with Crippen LogP contribution in [-0.2, 0) is 64.2 Å². The molecule has 8 aromatic carbocycles. The van der Waals surface area contributed by atoms with Crippen LogP contribution in [-0.4, -0.2) is 0 Å². The molecule has 0 aliphatic rings. The van der Waals surface area contributed by atoms with Crippen molar-refractivity contribution in [2.24, 2.45) is 0 Å². The molecule has 412 valence electrons. The van der Waals surface area contributed by atoms with Gasteiger partial charge < -0.3 is 25.5 Å². The molecule has 0 aromatic heterocycles. The summed E-state index contributed by atoms with van der Waals surface area (Å²) >= 11 is 0. The maximum absolute atomic E-state index is 12.3. The number of hydrogen-bond acceptors (Lipinski definition) is 5. The average molecular weight is 1170 g/mol. The minimum absolute atomic E-state index is 0.